The van der Waals surface area contributed by atoms with E-state index in [9.17, 15) is 9.59 Å². The quantitative estimate of drug-likeness (QED) is 0.560. The zero-order chi connectivity index (χ0) is 19.2. The molecule has 5 nitrogen and oxygen atoms in total. The van der Waals surface area contributed by atoms with Gasteiger partial charge in [0.1, 0.15) is 0 Å². The lowest BCUT2D eigenvalue weighted by atomic mass is 10.2. The van der Waals surface area contributed by atoms with E-state index in [0.717, 1.165) is 21.4 Å². The number of thiazole rings is 1. The molecule has 0 spiro atoms. The second-order valence-electron chi connectivity index (χ2n) is 5.97. The Morgan fingerprint density at radius 2 is 1.89 bits per heavy atom. The molecular weight excluding hydrogens is 426 g/mol. The van der Waals surface area contributed by atoms with E-state index in [-0.39, 0.29) is 11.8 Å². The molecule has 3 rings (SSSR count). The van der Waals surface area contributed by atoms with Crippen LogP contribution in [0.2, 0.25) is 0 Å². The summed E-state index contributed by atoms with van der Waals surface area (Å²) in [6.45, 7) is 1.95. The van der Waals surface area contributed by atoms with E-state index in [0.29, 0.717) is 23.5 Å². The summed E-state index contributed by atoms with van der Waals surface area (Å²) in [5, 5.41) is 8.09. The van der Waals surface area contributed by atoms with E-state index >= 15 is 0 Å². The summed E-state index contributed by atoms with van der Waals surface area (Å²) in [7, 11) is 0. The van der Waals surface area contributed by atoms with Crippen molar-refractivity contribution in [2.75, 3.05) is 10.6 Å². The number of carbonyl (C=O) groups is 2. The number of anilines is 2. The van der Waals surface area contributed by atoms with Crippen molar-refractivity contribution in [3.8, 4) is 0 Å². The fourth-order valence-corrected chi connectivity index (χ4v) is 3.68. The Kier molecular flexibility index (Phi) is 6.36. The van der Waals surface area contributed by atoms with Gasteiger partial charge in [0, 0.05) is 27.5 Å². The molecule has 1 heterocycles. The van der Waals surface area contributed by atoms with Crippen molar-refractivity contribution in [1.29, 1.82) is 0 Å². The number of amides is 2. The Morgan fingerprint density at radius 3 is 2.63 bits per heavy atom. The lowest BCUT2D eigenvalue weighted by Crippen LogP contribution is -2.13. The summed E-state index contributed by atoms with van der Waals surface area (Å²) in [6, 6.07) is 14.7. The molecule has 27 heavy (non-hydrogen) atoms. The minimum Gasteiger partial charge on any atom is -0.326 e. The Hall–Kier alpha value is -2.51. The number of rotatable bonds is 6. The number of halogens is 1. The van der Waals surface area contributed by atoms with Crippen LogP contribution in [0.1, 0.15) is 28.0 Å². The number of aryl methyl sites for hydroxylation is 2. The number of hydrogen-bond acceptors (Lipinski definition) is 4. The van der Waals surface area contributed by atoms with Gasteiger partial charge in [-0.2, -0.15) is 0 Å². The molecule has 1 aromatic heterocycles. The number of nitrogens with one attached hydrogen (secondary N) is 2. The van der Waals surface area contributed by atoms with Gasteiger partial charge in [-0.05, 0) is 49.2 Å². The molecule has 0 radical (unpaired) electrons. The van der Waals surface area contributed by atoms with Gasteiger partial charge in [-0.1, -0.05) is 34.1 Å². The molecule has 2 aromatic carbocycles. The van der Waals surface area contributed by atoms with Crippen molar-refractivity contribution in [2.45, 2.75) is 19.8 Å². The van der Waals surface area contributed by atoms with Gasteiger partial charge in [-0.25, -0.2) is 4.98 Å². The maximum atomic E-state index is 12.2. The van der Waals surface area contributed by atoms with E-state index in [4.69, 9.17) is 0 Å². The predicted octanol–water partition coefficient (Wildman–Crippen LogP) is 5.04. The first-order chi connectivity index (χ1) is 13.0. The third kappa shape index (κ3) is 5.48. The molecule has 2 amide bonds. The number of aromatic nitrogens is 1. The normalized spacial score (nSPS) is 10.4. The van der Waals surface area contributed by atoms with Crippen LogP contribution < -0.4 is 10.6 Å². The van der Waals surface area contributed by atoms with Crippen molar-refractivity contribution < 1.29 is 9.59 Å². The van der Waals surface area contributed by atoms with Crippen molar-refractivity contribution in [1.82, 2.24) is 4.98 Å². The van der Waals surface area contributed by atoms with Crippen LogP contribution in [0.15, 0.2) is 58.4 Å². The molecule has 7 heteroatoms. The fourth-order valence-electron chi connectivity index (χ4n) is 2.46. The average molecular weight is 444 g/mol. The predicted molar refractivity (Wildman–Crippen MR) is 112 cm³/mol. The first kappa shape index (κ1) is 19.3. The maximum Gasteiger partial charge on any atom is 0.257 e. The molecule has 0 aliphatic heterocycles. The van der Waals surface area contributed by atoms with Gasteiger partial charge in [0.25, 0.3) is 5.91 Å². The van der Waals surface area contributed by atoms with Gasteiger partial charge in [0.2, 0.25) is 5.91 Å². The van der Waals surface area contributed by atoms with Crippen LogP contribution in [0.4, 0.5) is 10.8 Å². The minimum atomic E-state index is -0.194. The number of carbonyl (C=O) groups excluding carboxylic acids is 2. The van der Waals surface area contributed by atoms with Gasteiger partial charge < -0.3 is 5.32 Å². The van der Waals surface area contributed by atoms with Crippen molar-refractivity contribution in [3.05, 3.63) is 75.2 Å². The molecule has 3 aromatic rings. The van der Waals surface area contributed by atoms with Crippen LogP contribution in [0.25, 0.3) is 0 Å². The van der Waals surface area contributed by atoms with Gasteiger partial charge in [-0.3, -0.25) is 14.9 Å². The fraction of sp³-hybridized carbons (Fsp3) is 0.150. The Balaban J connectivity index is 1.52. The highest BCUT2D eigenvalue weighted by Gasteiger charge is 2.10. The first-order valence-electron chi connectivity index (χ1n) is 8.38. The topological polar surface area (TPSA) is 71.1 Å². The third-order valence-electron chi connectivity index (χ3n) is 3.88. The van der Waals surface area contributed by atoms with Crippen LogP contribution >= 0.6 is 27.3 Å². The number of hydrogen-bond donors (Lipinski definition) is 2. The van der Waals surface area contributed by atoms with Crippen LogP contribution in [-0.2, 0) is 11.2 Å². The molecule has 0 unspecified atom stereocenters. The molecule has 0 saturated heterocycles. The molecule has 2 N–H and O–H groups in total. The van der Waals surface area contributed by atoms with E-state index < -0.39 is 0 Å². The highest BCUT2D eigenvalue weighted by molar-refractivity contribution is 9.10. The van der Waals surface area contributed by atoms with Crippen molar-refractivity contribution in [2.24, 2.45) is 0 Å². The minimum absolute atomic E-state index is 0.0664. The van der Waals surface area contributed by atoms with E-state index in [1.807, 2.05) is 48.7 Å². The summed E-state index contributed by atoms with van der Waals surface area (Å²) >= 11 is 4.76. The molecular formula is C20H18BrN3O2S. The summed E-state index contributed by atoms with van der Waals surface area (Å²) < 4.78 is 0.977. The van der Waals surface area contributed by atoms with Gasteiger partial charge in [0.05, 0.1) is 5.69 Å². The van der Waals surface area contributed by atoms with Gasteiger partial charge in [-0.15, -0.1) is 11.3 Å². The molecule has 0 bridgehead atoms. The second-order valence-corrected chi connectivity index (χ2v) is 7.75. The average Bonchev–Trinajstić information content (AvgIpc) is 3.10. The molecule has 138 valence electrons. The van der Waals surface area contributed by atoms with Crippen molar-refractivity contribution >= 4 is 49.9 Å². The summed E-state index contributed by atoms with van der Waals surface area (Å²) in [6.07, 6.45) is 0.838. The number of benzene rings is 2. The summed E-state index contributed by atoms with van der Waals surface area (Å²) in [5.41, 5.74) is 3.17. The smallest absolute Gasteiger partial charge is 0.257 e. The summed E-state index contributed by atoms with van der Waals surface area (Å²) in [5.74, 6) is -0.261. The van der Waals surface area contributed by atoms with E-state index in [1.165, 1.54) is 11.3 Å². The van der Waals surface area contributed by atoms with Gasteiger partial charge in [0.15, 0.2) is 5.13 Å². The molecule has 0 aliphatic rings. The zero-order valence-electron chi connectivity index (χ0n) is 14.7. The molecule has 0 aliphatic carbocycles. The van der Waals surface area contributed by atoms with Crippen LogP contribution in [0.5, 0.6) is 0 Å². The lowest BCUT2D eigenvalue weighted by molar-refractivity contribution is -0.116. The third-order valence-corrected chi connectivity index (χ3v) is 5.18. The molecule has 0 saturated carbocycles. The Morgan fingerprint density at radius 1 is 1.11 bits per heavy atom. The molecule has 0 atom stereocenters. The monoisotopic (exact) mass is 443 g/mol. The van der Waals surface area contributed by atoms with Crippen LogP contribution in [-0.4, -0.2) is 16.8 Å². The van der Waals surface area contributed by atoms with Crippen LogP contribution in [0.3, 0.4) is 0 Å². The Labute approximate surface area is 170 Å². The lowest BCUT2D eigenvalue weighted by Gasteiger charge is -2.08. The standard InChI is InChI=1S/C20H18BrN3O2S/c1-13-11-15(21)7-9-17(13)23-18(25)10-8-16-12-27-20(22-16)24-19(26)14-5-3-2-4-6-14/h2-7,9,11-12H,8,10H2,1H3,(H,23,25)(H,22,24,26). The SMILES string of the molecule is Cc1cc(Br)ccc1NC(=O)CCc1csc(NC(=O)c2ccccc2)n1. The maximum absolute atomic E-state index is 12.2. The molecule has 0 fully saturated rings. The van der Waals surface area contributed by atoms with Crippen LogP contribution in [0, 0.1) is 6.92 Å². The zero-order valence-corrected chi connectivity index (χ0v) is 17.1. The number of nitrogens with zero attached hydrogens (tertiary/aromatic N) is 1. The second kappa shape index (κ2) is 8.92. The largest absolute Gasteiger partial charge is 0.326 e. The van der Waals surface area contributed by atoms with Crippen molar-refractivity contribution in [3.63, 3.8) is 0 Å². The van der Waals surface area contributed by atoms with E-state index in [2.05, 4.69) is 31.5 Å². The first-order valence-corrected chi connectivity index (χ1v) is 10.1. The highest BCUT2D eigenvalue weighted by atomic mass is 79.9. The summed E-state index contributed by atoms with van der Waals surface area (Å²) in [4.78, 5) is 28.7. The highest BCUT2D eigenvalue weighted by Crippen LogP contribution is 2.21. The van der Waals surface area contributed by atoms with E-state index in [1.54, 1.807) is 12.1 Å². The Bertz CT molecular complexity index is 957. The van der Waals surface area contributed by atoms with Gasteiger partial charge >= 0.3 is 0 Å².